The number of nitrogens with one attached hydrogen (secondary N) is 1. The quantitative estimate of drug-likeness (QED) is 0.716. The number of hydrogen-bond acceptors (Lipinski definition) is 5. The van der Waals surface area contributed by atoms with Gasteiger partial charge in [-0.25, -0.2) is 13.2 Å². The molecule has 0 radical (unpaired) electrons. The van der Waals surface area contributed by atoms with Crippen LogP contribution in [0.3, 0.4) is 0 Å². The number of anilines is 1. The van der Waals surface area contributed by atoms with E-state index in [2.05, 4.69) is 5.32 Å². The molecule has 7 nitrogen and oxygen atoms in total. The Morgan fingerprint density at radius 2 is 1.78 bits per heavy atom. The van der Waals surface area contributed by atoms with Crippen LogP contribution in [0.2, 0.25) is 0 Å². The number of carboxylic acids is 1. The number of benzene rings is 2. The van der Waals surface area contributed by atoms with Gasteiger partial charge in [-0.3, -0.25) is 4.79 Å². The molecule has 0 fully saturated rings. The molecule has 0 atom stereocenters. The van der Waals surface area contributed by atoms with Crippen LogP contribution < -0.4 is 10.1 Å². The third-order valence-corrected chi connectivity index (χ3v) is 5.77. The average Bonchev–Trinajstić information content (AvgIpc) is 2.66. The maximum absolute atomic E-state index is 12.1. The van der Waals surface area contributed by atoms with Crippen molar-refractivity contribution in [3.8, 4) is 5.75 Å². The van der Waals surface area contributed by atoms with Gasteiger partial charge in [0.05, 0.1) is 17.8 Å². The maximum Gasteiger partial charge on any atom is 0.339 e. The molecular weight excluding hydrogens is 370 g/mol. The Hall–Kier alpha value is -2.87. The van der Waals surface area contributed by atoms with Crippen LogP contribution in [0, 0.1) is 0 Å². The van der Waals surface area contributed by atoms with E-state index in [9.17, 15) is 18.0 Å². The Bertz CT molecular complexity index is 935. The van der Waals surface area contributed by atoms with Gasteiger partial charge in [-0.2, -0.15) is 0 Å². The van der Waals surface area contributed by atoms with E-state index in [1.54, 1.807) is 31.2 Å². The third-order valence-electron chi connectivity index (χ3n) is 4.02. The monoisotopic (exact) mass is 391 g/mol. The molecule has 0 aromatic heterocycles. The highest BCUT2D eigenvalue weighted by Crippen LogP contribution is 2.23. The summed E-state index contributed by atoms with van der Waals surface area (Å²) in [5.74, 6) is -1.16. The molecule has 27 heavy (non-hydrogen) atoms. The van der Waals surface area contributed by atoms with E-state index >= 15 is 0 Å². The van der Waals surface area contributed by atoms with Crippen molar-refractivity contribution in [3.63, 3.8) is 0 Å². The van der Waals surface area contributed by atoms with Gasteiger partial charge >= 0.3 is 5.97 Å². The molecule has 0 unspecified atom stereocenters. The molecule has 0 bridgehead atoms. The van der Waals surface area contributed by atoms with Gasteiger partial charge in [0.2, 0.25) is 5.91 Å². The smallest absolute Gasteiger partial charge is 0.339 e. The minimum absolute atomic E-state index is 0.0117. The topological polar surface area (TPSA) is 110 Å². The summed E-state index contributed by atoms with van der Waals surface area (Å²) in [4.78, 5) is 23.5. The van der Waals surface area contributed by atoms with Gasteiger partial charge in [0.25, 0.3) is 0 Å². The number of rotatable bonds is 8. The molecule has 0 aliphatic rings. The van der Waals surface area contributed by atoms with Gasteiger partial charge in [0.15, 0.2) is 9.84 Å². The number of sulfone groups is 1. The molecule has 1 amide bonds. The first-order chi connectivity index (χ1) is 12.8. The van der Waals surface area contributed by atoms with Gasteiger partial charge in [-0.05, 0) is 36.2 Å². The largest absolute Gasteiger partial charge is 0.496 e. The van der Waals surface area contributed by atoms with Crippen LogP contribution in [-0.2, 0) is 21.1 Å². The zero-order valence-corrected chi connectivity index (χ0v) is 15.9. The van der Waals surface area contributed by atoms with Crippen LogP contribution in [0.5, 0.6) is 5.75 Å². The highest BCUT2D eigenvalue weighted by atomic mass is 32.2. The fraction of sp³-hybridized carbons (Fsp3) is 0.263. The second kappa shape index (κ2) is 8.68. The number of carbonyl (C=O) groups is 2. The average molecular weight is 391 g/mol. The van der Waals surface area contributed by atoms with Crippen molar-refractivity contribution in [2.75, 3.05) is 18.2 Å². The molecule has 0 heterocycles. The predicted molar refractivity (Wildman–Crippen MR) is 101 cm³/mol. The van der Waals surface area contributed by atoms with Crippen LogP contribution in [0.15, 0.2) is 47.4 Å². The van der Waals surface area contributed by atoms with Gasteiger partial charge in [-0.15, -0.1) is 0 Å². The SMILES string of the molecule is CCS(=O)(=O)c1ccc(CCC(=O)Nc2ccc(C(=O)O)c(OC)c2)cc1. The molecule has 0 aliphatic heterocycles. The first-order valence-electron chi connectivity index (χ1n) is 8.29. The summed E-state index contributed by atoms with van der Waals surface area (Å²) in [5.41, 5.74) is 1.29. The van der Waals surface area contributed by atoms with Crippen LogP contribution in [-0.4, -0.2) is 38.3 Å². The molecule has 2 aromatic rings. The Balaban J connectivity index is 1.97. The van der Waals surface area contributed by atoms with Gasteiger partial charge < -0.3 is 15.2 Å². The van der Waals surface area contributed by atoms with Crippen LogP contribution >= 0.6 is 0 Å². The number of aromatic carboxylic acids is 1. The Morgan fingerprint density at radius 1 is 1.11 bits per heavy atom. The van der Waals surface area contributed by atoms with E-state index in [0.717, 1.165) is 5.56 Å². The molecule has 0 saturated carbocycles. The molecule has 2 N–H and O–H groups in total. The van der Waals surface area contributed by atoms with E-state index < -0.39 is 15.8 Å². The fourth-order valence-electron chi connectivity index (χ4n) is 2.46. The number of carboxylic acid groups (broad SMARTS) is 1. The van der Waals surface area contributed by atoms with Gasteiger partial charge in [0.1, 0.15) is 11.3 Å². The second-order valence-electron chi connectivity index (χ2n) is 5.82. The lowest BCUT2D eigenvalue weighted by Crippen LogP contribution is -2.13. The third kappa shape index (κ3) is 5.30. The predicted octanol–water partition coefficient (Wildman–Crippen LogP) is 2.76. The van der Waals surface area contributed by atoms with Gasteiger partial charge in [-0.1, -0.05) is 19.1 Å². The molecule has 0 saturated heterocycles. The van der Waals surface area contributed by atoms with Gasteiger partial charge in [0, 0.05) is 18.2 Å². The molecule has 144 valence electrons. The standard InChI is InChI=1S/C19H21NO6S/c1-3-27(24,25)15-8-4-13(5-9-15)6-11-18(21)20-14-7-10-16(19(22)23)17(12-14)26-2/h4-5,7-10,12H,3,6,11H2,1-2H3,(H,20,21)(H,22,23). The van der Waals surface area contributed by atoms with Crippen molar-refractivity contribution in [2.24, 2.45) is 0 Å². The van der Waals surface area contributed by atoms with E-state index in [0.29, 0.717) is 12.1 Å². The summed E-state index contributed by atoms with van der Waals surface area (Å²) < 4.78 is 28.6. The van der Waals surface area contributed by atoms with Crippen molar-refractivity contribution < 1.29 is 27.9 Å². The summed E-state index contributed by atoms with van der Waals surface area (Å²) in [6.45, 7) is 1.59. The van der Waals surface area contributed by atoms with Crippen LogP contribution in [0.1, 0.15) is 29.3 Å². The maximum atomic E-state index is 12.1. The van der Waals surface area contributed by atoms with Crippen LogP contribution in [0.4, 0.5) is 5.69 Å². The Kier molecular flexibility index (Phi) is 6.57. The van der Waals surface area contributed by atoms with Crippen molar-refractivity contribution in [3.05, 3.63) is 53.6 Å². The van der Waals surface area contributed by atoms with Crippen molar-refractivity contribution in [1.29, 1.82) is 0 Å². The Morgan fingerprint density at radius 3 is 2.33 bits per heavy atom. The van der Waals surface area contributed by atoms with E-state index in [4.69, 9.17) is 9.84 Å². The molecule has 8 heteroatoms. The van der Waals surface area contributed by atoms with Crippen molar-refractivity contribution in [1.82, 2.24) is 0 Å². The summed E-state index contributed by atoms with van der Waals surface area (Å²) in [5, 5.41) is 11.8. The number of carbonyl (C=O) groups excluding carboxylic acids is 1. The minimum Gasteiger partial charge on any atom is -0.496 e. The highest BCUT2D eigenvalue weighted by Gasteiger charge is 2.13. The lowest BCUT2D eigenvalue weighted by molar-refractivity contribution is -0.116. The number of hydrogen-bond donors (Lipinski definition) is 2. The summed E-state index contributed by atoms with van der Waals surface area (Å²) >= 11 is 0. The van der Waals surface area contributed by atoms with Crippen LogP contribution in [0.25, 0.3) is 0 Å². The number of amides is 1. The molecule has 0 spiro atoms. The summed E-state index contributed by atoms with van der Waals surface area (Å²) in [6.07, 6.45) is 0.644. The van der Waals surface area contributed by atoms with E-state index in [1.807, 2.05) is 0 Å². The summed E-state index contributed by atoms with van der Waals surface area (Å²) in [7, 11) is -1.88. The van der Waals surface area contributed by atoms with Crippen molar-refractivity contribution in [2.45, 2.75) is 24.7 Å². The molecular formula is C19H21NO6S. The summed E-state index contributed by atoms with van der Waals surface area (Å²) in [6, 6.07) is 10.8. The second-order valence-corrected chi connectivity index (χ2v) is 8.09. The first kappa shape index (κ1) is 20.4. The molecule has 2 rings (SSSR count). The normalized spacial score (nSPS) is 11.0. The van der Waals surface area contributed by atoms with E-state index in [1.165, 1.54) is 25.3 Å². The Labute approximate surface area is 157 Å². The zero-order valence-electron chi connectivity index (χ0n) is 15.1. The fourth-order valence-corrected chi connectivity index (χ4v) is 3.34. The molecule has 0 aliphatic carbocycles. The highest BCUT2D eigenvalue weighted by molar-refractivity contribution is 7.91. The number of methoxy groups -OCH3 is 1. The lowest BCUT2D eigenvalue weighted by atomic mass is 10.1. The molecule has 2 aromatic carbocycles. The van der Waals surface area contributed by atoms with Crippen molar-refractivity contribution >= 4 is 27.4 Å². The van der Waals surface area contributed by atoms with E-state index in [-0.39, 0.29) is 34.3 Å². The lowest BCUT2D eigenvalue weighted by Gasteiger charge is -2.09. The number of ether oxygens (including phenoxy) is 1. The minimum atomic E-state index is -3.24. The first-order valence-corrected chi connectivity index (χ1v) is 9.95. The number of aryl methyl sites for hydroxylation is 1. The zero-order chi connectivity index (χ0) is 20.0.